The topological polar surface area (TPSA) is 66.9 Å². The first-order chi connectivity index (χ1) is 12.1. The Balaban J connectivity index is 1.62. The van der Waals surface area contributed by atoms with Gasteiger partial charge in [0, 0.05) is 22.1 Å². The molecule has 5 nitrogen and oxygen atoms in total. The molecule has 1 heterocycles. The maximum absolute atomic E-state index is 12.1. The van der Waals surface area contributed by atoms with Gasteiger partial charge in [-0.3, -0.25) is 15.6 Å². The Morgan fingerprint density at radius 3 is 2.92 bits per heavy atom. The molecule has 0 aliphatic heterocycles. The molecule has 0 atom stereocenters. The number of fused-ring (bicyclic) bond motifs is 1. The molecule has 3 aromatic rings. The Bertz CT molecular complexity index is 939. The number of allylic oxidation sites excluding steroid dienone is 1. The molecule has 0 radical (unpaired) electrons. The number of halogens is 1. The second-order valence-electron chi connectivity index (χ2n) is 5.68. The lowest BCUT2D eigenvalue weighted by atomic mass is 10.0. The van der Waals surface area contributed by atoms with Crippen LogP contribution in [0.3, 0.4) is 0 Å². The van der Waals surface area contributed by atoms with Crippen molar-refractivity contribution in [2.75, 3.05) is 5.43 Å². The predicted molar refractivity (Wildman–Crippen MR) is 103 cm³/mol. The van der Waals surface area contributed by atoms with Crippen molar-refractivity contribution in [2.45, 2.75) is 13.3 Å². The van der Waals surface area contributed by atoms with E-state index in [0.29, 0.717) is 6.42 Å². The van der Waals surface area contributed by atoms with Gasteiger partial charge in [-0.05, 0) is 59.1 Å². The van der Waals surface area contributed by atoms with Crippen molar-refractivity contribution in [3.05, 3.63) is 76.7 Å². The number of amides is 1. The highest BCUT2D eigenvalue weighted by Crippen LogP contribution is 2.20. The first-order valence-electron chi connectivity index (χ1n) is 7.78. The highest BCUT2D eigenvalue weighted by Gasteiger charge is 2.03. The molecule has 0 saturated heterocycles. The first-order valence-corrected chi connectivity index (χ1v) is 8.57. The fraction of sp³-hybridized carbons (Fsp3) is 0.105. The van der Waals surface area contributed by atoms with Gasteiger partial charge in [0.2, 0.25) is 0 Å². The van der Waals surface area contributed by atoms with E-state index in [9.17, 15) is 4.79 Å². The minimum atomic E-state index is -0.197. The molecule has 0 bridgehead atoms. The van der Waals surface area contributed by atoms with Crippen LogP contribution in [0.25, 0.3) is 10.9 Å². The van der Waals surface area contributed by atoms with Crippen LogP contribution in [0, 0.1) is 0 Å². The molecule has 25 heavy (non-hydrogen) atoms. The van der Waals surface area contributed by atoms with E-state index in [1.54, 1.807) is 12.3 Å². The van der Waals surface area contributed by atoms with E-state index in [0.717, 1.165) is 32.2 Å². The van der Waals surface area contributed by atoms with E-state index in [1.165, 1.54) is 6.33 Å². The standard InChI is InChI=1S/C19H17BrN4O/c1-13(8-14-6-7-17-15(10-14)11-21-12-22-17)9-19(25)24-23-18-5-3-2-4-16(18)20/h2-7,9-12,23H,8H2,1H3,(H,24,25). The number of benzene rings is 2. The molecule has 2 N–H and O–H groups in total. The van der Waals surface area contributed by atoms with E-state index in [1.807, 2.05) is 49.4 Å². The van der Waals surface area contributed by atoms with Crippen molar-refractivity contribution in [2.24, 2.45) is 0 Å². The smallest absolute Gasteiger partial charge is 0.262 e. The monoisotopic (exact) mass is 396 g/mol. The van der Waals surface area contributed by atoms with E-state index >= 15 is 0 Å². The number of rotatable bonds is 5. The van der Waals surface area contributed by atoms with Gasteiger partial charge in [-0.2, -0.15) is 0 Å². The van der Waals surface area contributed by atoms with Gasteiger partial charge in [0.05, 0.1) is 11.2 Å². The van der Waals surface area contributed by atoms with Gasteiger partial charge in [0.1, 0.15) is 6.33 Å². The van der Waals surface area contributed by atoms with Gasteiger partial charge in [-0.15, -0.1) is 0 Å². The molecule has 1 amide bonds. The number of hydrazine groups is 1. The third-order valence-corrected chi connectivity index (χ3v) is 4.32. The van der Waals surface area contributed by atoms with Crippen LogP contribution in [0.2, 0.25) is 0 Å². The van der Waals surface area contributed by atoms with Crippen LogP contribution in [0.4, 0.5) is 5.69 Å². The number of carbonyl (C=O) groups is 1. The van der Waals surface area contributed by atoms with Crippen LogP contribution in [0.5, 0.6) is 0 Å². The molecule has 0 spiro atoms. The molecule has 0 fully saturated rings. The van der Waals surface area contributed by atoms with Crippen LogP contribution in [-0.4, -0.2) is 15.9 Å². The maximum Gasteiger partial charge on any atom is 0.262 e. The molecular weight excluding hydrogens is 380 g/mol. The van der Waals surface area contributed by atoms with E-state index in [4.69, 9.17) is 0 Å². The van der Waals surface area contributed by atoms with Crippen LogP contribution in [0.15, 0.2) is 71.1 Å². The minimum absolute atomic E-state index is 0.197. The minimum Gasteiger partial charge on any atom is -0.297 e. The number of hydrogen-bond acceptors (Lipinski definition) is 4. The summed E-state index contributed by atoms with van der Waals surface area (Å²) in [5.74, 6) is -0.197. The van der Waals surface area contributed by atoms with Crippen molar-refractivity contribution in [1.82, 2.24) is 15.4 Å². The number of nitrogens with one attached hydrogen (secondary N) is 2. The molecule has 0 unspecified atom stereocenters. The zero-order valence-corrected chi connectivity index (χ0v) is 15.2. The van der Waals surface area contributed by atoms with Crippen LogP contribution >= 0.6 is 15.9 Å². The molecule has 0 aliphatic carbocycles. The fourth-order valence-electron chi connectivity index (χ4n) is 2.47. The summed E-state index contributed by atoms with van der Waals surface area (Å²) in [4.78, 5) is 20.3. The molecule has 6 heteroatoms. The highest BCUT2D eigenvalue weighted by atomic mass is 79.9. The number of nitrogens with zero attached hydrogens (tertiary/aromatic N) is 2. The van der Waals surface area contributed by atoms with Crippen molar-refractivity contribution < 1.29 is 4.79 Å². The van der Waals surface area contributed by atoms with Crippen molar-refractivity contribution in [3.8, 4) is 0 Å². The zero-order valence-electron chi connectivity index (χ0n) is 13.7. The third-order valence-electron chi connectivity index (χ3n) is 3.62. The average Bonchev–Trinajstić information content (AvgIpc) is 2.61. The lowest BCUT2D eigenvalue weighted by Gasteiger charge is -2.09. The fourth-order valence-corrected chi connectivity index (χ4v) is 2.85. The van der Waals surface area contributed by atoms with E-state index < -0.39 is 0 Å². The number of para-hydroxylation sites is 1. The zero-order chi connectivity index (χ0) is 17.6. The van der Waals surface area contributed by atoms with E-state index in [-0.39, 0.29) is 5.91 Å². The molecule has 2 aromatic carbocycles. The van der Waals surface area contributed by atoms with Gasteiger partial charge in [0.15, 0.2) is 0 Å². The van der Waals surface area contributed by atoms with Gasteiger partial charge < -0.3 is 0 Å². The lowest BCUT2D eigenvalue weighted by Crippen LogP contribution is -2.28. The summed E-state index contributed by atoms with van der Waals surface area (Å²) < 4.78 is 0.884. The number of aromatic nitrogens is 2. The van der Waals surface area contributed by atoms with Crippen molar-refractivity contribution >= 4 is 38.4 Å². The summed E-state index contributed by atoms with van der Waals surface area (Å²) >= 11 is 3.42. The van der Waals surface area contributed by atoms with Gasteiger partial charge >= 0.3 is 0 Å². The Labute approximate surface area is 154 Å². The second-order valence-corrected chi connectivity index (χ2v) is 6.53. The highest BCUT2D eigenvalue weighted by molar-refractivity contribution is 9.10. The van der Waals surface area contributed by atoms with Gasteiger partial charge in [-0.25, -0.2) is 9.97 Å². The number of carbonyl (C=O) groups excluding carboxylic acids is 1. The Morgan fingerprint density at radius 1 is 1.24 bits per heavy atom. The largest absolute Gasteiger partial charge is 0.297 e. The SMILES string of the molecule is CC(=CC(=O)NNc1ccccc1Br)Cc1ccc2ncncc2c1. The summed E-state index contributed by atoms with van der Waals surface area (Å²) in [6.07, 6.45) is 5.61. The van der Waals surface area contributed by atoms with Crippen LogP contribution in [-0.2, 0) is 11.2 Å². The second kappa shape index (κ2) is 7.90. The normalized spacial score (nSPS) is 11.4. The molecule has 126 valence electrons. The number of anilines is 1. The third kappa shape index (κ3) is 4.64. The molecule has 0 aliphatic rings. The van der Waals surface area contributed by atoms with Crippen molar-refractivity contribution in [3.63, 3.8) is 0 Å². The van der Waals surface area contributed by atoms with E-state index in [2.05, 4.69) is 36.7 Å². The Hall–Kier alpha value is -2.73. The first kappa shape index (κ1) is 17.1. The lowest BCUT2D eigenvalue weighted by molar-refractivity contribution is -0.116. The summed E-state index contributed by atoms with van der Waals surface area (Å²) in [5, 5.41) is 0.993. The molecule has 3 rings (SSSR count). The Morgan fingerprint density at radius 2 is 2.08 bits per heavy atom. The maximum atomic E-state index is 12.1. The molecular formula is C19H17BrN4O. The van der Waals surface area contributed by atoms with Crippen molar-refractivity contribution in [1.29, 1.82) is 0 Å². The predicted octanol–water partition coefficient (Wildman–Crippen LogP) is 4.02. The van der Waals surface area contributed by atoms with Crippen LogP contribution in [0.1, 0.15) is 12.5 Å². The number of hydrogen-bond donors (Lipinski definition) is 2. The summed E-state index contributed by atoms with van der Waals surface area (Å²) in [7, 11) is 0. The summed E-state index contributed by atoms with van der Waals surface area (Å²) in [6, 6.07) is 13.6. The summed E-state index contributed by atoms with van der Waals surface area (Å²) in [5.41, 5.74) is 9.36. The molecule has 1 aromatic heterocycles. The summed E-state index contributed by atoms with van der Waals surface area (Å²) in [6.45, 7) is 1.93. The molecule has 0 saturated carbocycles. The average molecular weight is 397 g/mol. The Kier molecular flexibility index (Phi) is 5.40. The quantitative estimate of drug-likeness (QED) is 0.504. The van der Waals surface area contributed by atoms with Gasteiger partial charge in [0.25, 0.3) is 5.91 Å². The van der Waals surface area contributed by atoms with Gasteiger partial charge in [-0.1, -0.05) is 23.8 Å². The van der Waals surface area contributed by atoms with Crippen LogP contribution < -0.4 is 10.9 Å².